The molecule has 0 unspecified atom stereocenters. The van der Waals surface area contributed by atoms with Gasteiger partial charge in [-0.25, -0.2) is 4.68 Å². The number of hydrogen-bond acceptors (Lipinski definition) is 3. The third kappa shape index (κ3) is 4.12. The maximum Gasteiger partial charge on any atom is 0.255 e. The second-order valence-electron chi connectivity index (χ2n) is 5.97. The fourth-order valence-corrected chi connectivity index (χ4v) is 2.96. The van der Waals surface area contributed by atoms with E-state index in [1.54, 1.807) is 24.1 Å². The molecule has 0 saturated heterocycles. The molecule has 134 valence electrons. The molecule has 0 saturated carbocycles. The molecular formula is C20H20ClN3O2. The Morgan fingerprint density at radius 2 is 1.96 bits per heavy atom. The third-order valence-electron chi connectivity index (χ3n) is 4.06. The molecule has 1 amide bonds. The van der Waals surface area contributed by atoms with Crippen LogP contribution in [0.25, 0.3) is 5.69 Å². The molecule has 26 heavy (non-hydrogen) atoms. The molecule has 0 bridgehead atoms. The van der Waals surface area contributed by atoms with Crippen LogP contribution in [0, 0.1) is 6.92 Å². The predicted octanol–water partition coefficient (Wildman–Crippen LogP) is 3.91. The van der Waals surface area contributed by atoms with Crippen molar-refractivity contribution >= 4 is 17.5 Å². The van der Waals surface area contributed by atoms with Gasteiger partial charge < -0.3 is 10.1 Å². The number of carbonyl (C=O) groups is 1. The first-order valence-electron chi connectivity index (χ1n) is 8.24. The van der Waals surface area contributed by atoms with Gasteiger partial charge in [-0.15, -0.1) is 0 Å². The number of benzene rings is 2. The minimum absolute atomic E-state index is 0.159. The van der Waals surface area contributed by atoms with Crippen molar-refractivity contribution in [3.05, 3.63) is 82.1 Å². The van der Waals surface area contributed by atoms with Crippen molar-refractivity contribution in [2.75, 3.05) is 7.11 Å². The van der Waals surface area contributed by atoms with Gasteiger partial charge in [0.2, 0.25) is 0 Å². The molecule has 0 atom stereocenters. The molecule has 1 aromatic heterocycles. The molecule has 1 heterocycles. The molecule has 1 N–H and O–H groups in total. The number of carbonyl (C=O) groups excluding carboxylic acids is 1. The van der Waals surface area contributed by atoms with Crippen LogP contribution in [0.1, 0.15) is 27.2 Å². The minimum Gasteiger partial charge on any atom is -0.380 e. The fraction of sp³-hybridized carbons (Fsp3) is 0.200. The Morgan fingerprint density at radius 1 is 1.19 bits per heavy atom. The molecule has 2 aromatic carbocycles. The summed E-state index contributed by atoms with van der Waals surface area (Å²) in [7, 11) is 1.66. The summed E-state index contributed by atoms with van der Waals surface area (Å²) in [5, 5.41) is 7.89. The Kier molecular flexibility index (Phi) is 5.71. The molecule has 5 nitrogen and oxygen atoms in total. The number of nitrogens with zero attached hydrogens (tertiary/aromatic N) is 2. The summed E-state index contributed by atoms with van der Waals surface area (Å²) < 4.78 is 6.85. The Hall–Kier alpha value is -2.63. The van der Waals surface area contributed by atoms with Crippen LogP contribution in [0.15, 0.2) is 54.7 Å². The Bertz CT molecular complexity index is 921. The van der Waals surface area contributed by atoms with Crippen LogP contribution in [0.3, 0.4) is 0 Å². The zero-order valence-electron chi connectivity index (χ0n) is 14.7. The quantitative estimate of drug-likeness (QED) is 0.716. The number of aromatic nitrogens is 2. The highest BCUT2D eigenvalue weighted by atomic mass is 35.5. The van der Waals surface area contributed by atoms with Gasteiger partial charge in [-0.1, -0.05) is 41.9 Å². The van der Waals surface area contributed by atoms with E-state index in [9.17, 15) is 4.79 Å². The average Bonchev–Trinajstić information content (AvgIpc) is 3.02. The summed E-state index contributed by atoms with van der Waals surface area (Å²) in [6.07, 6.45) is 1.58. The van der Waals surface area contributed by atoms with Crippen molar-refractivity contribution in [1.82, 2.24) is 15.1 Å². The van der Waals surface area contributed by atoms with E-state index in [2.05, 4.69) is 10.4 Å². The normalized spacial score (nSPS) is 10.7. The monoisotopic (exact) mass is 369 g/mol. The van der Waals surface area contributed by atoms with E-state index in [4.69, 9.17) is 16.3 Å². The van der Waals surface area contributed by atoms with Crippen LogP contribution in [0.5, 0.6) is 0 Å². The van der Waals surface area contributed by atoms with Crippen LogP contribution >= 0.6 is 11.6 Å². The summed E-state index contributed by atoms with van der Waals surface area (Å²) in [6, 6.07) is 15.3. The summed E-state index contributed by atoms with van der Waals surface area (Å²) >= 11 is 6.04. The van der Waals surface area contributed by atoms with Crippen molar-refractivity contribution in [3.8, 4) is 5.69 Å². The van der Waals surface area contributed by atoms with E-state index < -0.39 is 0 Å². The first kappa shape index (κ1) is 18.2. The van der Waals surface area contributed by atoms with Crippen LogP contribution in [-0.2, 0) is 17.9 Å². The molecule has 0 aliphatic rings. The van der Waals surface area contributed by atoms with Crippen molar-refractivity contribution < 1.29 is 9.53 Å². The summed E-state index contributed by atoms with van der Waals surface area (Å²) in [4.78, 5) is 12.5. The first-order chi connectivity index (χ1) is 12.6. The number of halogens is 1. The van der Waals surface area contributed by atoms with E-state index in [1.807, 2.05) is 49.4 Å². The Morgan fingerprint density at radius 3 is 2.73 bits per heavy atom. The van der Waals surface area contributed by atoms with Gasteiger partial charge in [-0.05, 0) is 36.2 Å². The smallest absolute Gasteiger partial charge is 0.255 e. The number of ether oxygens (including phenoxy) is 1. The summed E-state index contributed by atoms with van der Waals surface area (Å²) in [5.74, 6) is -0.159. The minimum atomic E-state index is -0.159. The number of amides is 1. The lowest BCUT2D eigenvalue weighted by molar-refractivity contribution is 0.0950. The van der Waals surface area contributed by atoms with Gasteiger partial charge in [0.25, 0.3) is 5.91 Å². The zero-order chi connectivity index (χ0) is 18.5. The lowest BCUT2D eigenvalue weighted by Gasteiger charge is -2.08. The topological polar surface area (TPSA) is 56.1 Å². The second kappa shape index (κ2) is 8.17. The van der Waals surface area contributed by atoms with Gasteiger partial charge in [-0.2, -0.15) is 5.10 Å². The van der Waals surface area contributed by atoms with Gasteiger partial charge >= 0.3 is 0 Å². The van der Waals surface area contributed by atoms with Crippen molar-refractivity contribution in [1.29, 1.82) is 0 Å². The molecule has 0 spiro atoms. The SMILES string of the molecule is COCc1cccc(CNC(=O)c2cnn(-c3cccc(Cl)c3)c2C)c1. The Balaban J connectivity index is 1.72. The number of hydrogen-bond donors (Lipinski definition) is 1. The maximum absolute atomic E-state index is 12.5. The average molecular weight is 370 g/mol. The van der Waals surface area contributed by atoms with Gasteiger partial charge in [0.05, 0.1) is 29.7 Å². The Labute approximate surface area is 157 Å². The number of rotatable bonds is 6. The molecule has 6 heteroatoms. The molecular weight excluding hydrogens is 350 g/mol. The van der Waals surface area contributed by atoms with E-state index in [0.29, 0.717) is 23.7 Å². The van der Waals surface area contributed by atoms with E-state index in [1.165, 1.54) is 0 Å². The van der Waals surface area contributed by atoms with Gasteiger partial charge in [-0.3, -0.25) is 4.79 Å². The van der Waals surface area contributed by atoms with Gasteiger partial charge in [0.1, 0.15) is 0 Å². The van der Waals surface area contributed by atoms with Crippen molar-refractivity contribution in [2.24, 2.45) is 0 Å². The van der Waals surface area contributed by atoms with Crippen LogP contribution < -0.4 is 5.32 Å². The van der Waals surface area contributed by atoms with Crippen LogP contribution in [0.4, 0.5) is 0 Å². The highest BCUT2D eigenvalue weighted by Gasteiger charge is 2.15. The first-order valence-corrected chi connectivity index (χ1v) is 8.62. The van der Waals surface area contributed by atoms with Crippen molar-refractivity contribution in [3.63, 3.8) is 0 Å². The molecule has 0 fully saturated rings. The lowest BCUT2D eigenvalue weighted by Crippen LogP contribution is -2.23. The predicted molar refractivity (Wildman–Crippen MR) is 102 cm³/mol. The van der Waals surface area contributed by atoms with E-state index in [0.717, 1.165) is 22.5 Å². The third-order valence-corrected chi connectivity index (χ3v) is 4.30. The fourth-order valence-electron chi connectivity index (χ4n) is 2.77. The molecule has 3 aromatic rings. The zero-order valence-corrected chi connectivity index (χ0v) is 15.5. The molecule has 0 aliphatic carbocycles. The van der Waals surface area contributed by atoms with Gasteiger partial charge in [0, 0.05) is 18.7 Å². The van der Waals surface area contributed by atoms with E-state index in [-0.39, 0.29) is 5.91 Å². The maximum atomic E-state index is 12.5. The summed E-state index contributed by atoms with van der Waals surface area (Å²) in [6.45, 7) is 2.85. The highest BCUT2D eigenvalue weighted by molar-refractivity contribution is 6.30. The number of nitrogens with one attached hydrogen (secondary N) is 1. The van der Waals surface area contributed by atoms with Crippen LogP contribution in [0.2, 0.25) is 5.02 Å². The molecule has 0 radical (unpaired) electrons. The second-order valence-corrected chi connectivity index (χ2v) is 6.41. The lowest BCUT2D eigenvalue weighted by atomic mass is 10.1. The molecule has 3 rings (SSSR count). The van der Waals surface area contributed by atoms with E-state index >= 15 is 0 Å². The van der Waals surface area contributed by atoms with Crippen LogP contribution in [-0.4, -0.2) is 22.8 Å². The summed E-state index contributed by atoms with van der Waals surface area (Å²) in [5.41, 5.74) is 4.22. The highest BCUT2D eigenvalue weighted by Crippen LogP contribution is 2.18. The molecule has 0 aliphatic heterocycles. The standard InChI is InChI=1S/C20H20ClN3O2/c1-14-19(12-23-24(14)18-8-4-7-17(21)10-18)20(25)22-11-15-5-3-6-16(9-15)13-26-2/h3-10,12H,11,13H2,1-2H3,(H,22,25). The number of methoxy groups -OCH3 is 1. The largest absolute Gasteiger partial charge is 0.380 e. The van der Waals surface area contributed by atoms with Crippen molar-refractivity contribution in [2.45, 2.75) is 20.1 Å². The van der Waals surface area contributed by atoms with Gasteiger partial charge in [0.15, 0.2) is 0 Å².